The van der Waals surface area contributed by atoms with E-state index in [1.807, 2.05) is 16.8 Å². The van der Waals surface area contributed by atoms with Crippen LogP contribution in [-0.2, 0) is 19.5 Å². The Morgan fingerprint density at radius 3 is 2.90 bits per heavy atom. The van der Waals surface area contributed by atoms with Gasteiger partial charge in [-0.15, -0.1) is 0 Å². The number of aryl methyl sites for hydroxylation is 2. The van der Waals surface area contributed by atoms with Crippen molar-refractivity contribution in [3.05, 3.63) is 47.3 Å². The lowest BCUT2D eigenvalue weighted by molar-refractivity contribution is 0.414. The van der Waals surface area contributed by atoms with Crippen LogP contribution in [0, 0.1) is 6.92 Å². The molecule has 4 heteroatoms. The van der Waals surface area contributed by atoms with Crippen molar-refractivity contribution in [3.8, 4) is 5.75 Å². The van der Waals surface area contributed by atoms with Crippen molar-refractivity contribution in [3.63, 3.8) is 0 Å². The second-order valence-electron chi connectivity index (χ2n) is 4.87. The van der Waals surface area contributed by atoms with Crippen LogP contribution in [0.2, 0.25) is 0 Å². The lowest BCUT2D eigenvalue weighted by atomic mass is 10.1. The van der Waals surface area contributed by atoms with Gasteiger partial charge in [-0.25, -0.2) is 0 Å². The van der Waals surface area contributed by atoms with Crippen LogP contribution >= 0.6 is 0 Å². The van der Waals surface area contributed by atoms with Gasteiger partial charge >= 0.3 is 0 Å². The van der Waals surface area contributed by atoms with Gasteiger partial charge in [0.25, 0.3) is 0 Å². The van der Waals surface area contributed by atoms with Crippen LogP contribution in [0.25, 0.3) is 0 Å². The molecule has 1 heterocycles. The van der Waals surface area contributed by atoms with Crippen LogP contribution in [-0.4, -0.2) is 23.4 Å². The molecule has 0 aliphatic rings. The molecule has 1 N–H and O–H groups in total. The first-order chi connectivity index (χ1) is 9.72. The molecule has 0 radical (unpaired) electrons. The topological polar surface area (TPSA) is 39.1 Å². The smallest absolute Gasteiger partial charge is 0.119 e. The van der Waals surface area contributed by atoms with Gasteiger partial charge in [-0.3, -0.25) is 4.68 Å². The monoisotopic (exact) mass is 273 g/mol. The average Bonchev–Trinajstić information content (AvgIpc) is 2.84. The fraction of sp³-hybridized carbons (Fsp3) is 0.438. The number of nitrogens with zero attached hydrogens (tertiary/aromatic N) is 2. The molecule has 0 saturated heterocycles. The predicted octanol–water partition coefficient (Wildman–Crippen LogP) is 2.55. The highest BCUT2D eigenvalue weighted by atomic mass is 16.5. The summed E-state index contributed by atoms with van der Waals surface area (Å²) in [6, 6.07) is 8.22. The molecule has 0 atom stereocenters. The first-order valence-corrected chi connectivity index (χ1v) is 7.09. The van der Waals surface area contributed by atoms with E-state index in [4.69, 9.17) is 4.74 Å². The standard InChI is InChI=1S/C16H23N3O/c1-4-19-12-15(13(2)18-19)11-17-9-8-14-6-5-7-16(10-14)20-3/h5-7,10,12,17H,4,8-9,11H2,1-3H3. The molecule has 2 aromatic rings. The molecule has 1 aromatic carbocycles. The Balaban J connectivity index is 1.79. The van der Waals surface area contributed by atoms with Crippen LogP contribution < -0.4 is 10.1 Å². The minimum atomic E-state index is 0.871. The summed E-state index contributed by atoms with van der Waals surface area (Å²) in [4.78, 5) is 0. The molecule has 0 bridgehead atoms. The molecular formula is C16H23N3O. The number of ether oxygens (including phenoxy) is 1. The zero-order chi connectivity index (χ0) is 14.4. The average molecular weight is 273 g/mol. The molecule has 0 saturated carbocycles. The van der Waals surface area contributed by atoms with Crippen molar-refractivity contribution in [2.45, 2.75) is 33.4 Å². The van der Waals surface area contributed by atoms with Crippen molar-refractivity contribution in [1.82, 2.24) is 15.1 Å². The first kappa shape index (κ1) is 14.6. The Kier molecular flexibility index (Phi) is 5.18. The SMILES string of the molecule is CCn1cc(CNCCc2cccc(OC)c2)c(C)n1. The number of hydrogen-bond acceptors (Lipinski definition) is 3. The van der Waals surface area contributed by atoms with Gasteiger partial charge in [0.1, 0.15) is 5.75 Å². The Bertz CT molecular complexity index is 548. The van der Waals surface area contributed by atoms with Gasteiger partial charge in [0, 0.05) is 24.8 Å². The minimum Gasteiger partial charge on any atom is -0.497 e. The van der Waals surface area contributed by atoms with E-state index in [0.29, 0.717) is 0 Å². The van der Waals surface area contributed by atoms with E-state index in [-0.39, 0.29) is 0 Å². The summed E-state index contributed by atoms with van der Waals surface area (Å²) < 4.78 is 7.21. The molecule has 4 nitrogen and oxygen atoms in total. The second-order valence-corrected chi connectivity index (χ2v) is 4.87. The highest BCUT2D eigenvalue weighted by Gasteiger charge is 2.03. The summed E-state index contributed by atoms with van der Waals surface area (Å²) in [5.41, 5.74) is 3.68. The van der Waals surface area contributed by atoms with Gasteiger partial charge in [0.2, 0.25) is 0 Å². The predicted molar refractivity (Wildman–Crippen MR) is 81.0 cm³/mol. The Labute approximate surface area is 120 Å². The van der Waals surface area contributed by atoms with E-state index >= 15 is 0 Å². The lowest BCUT2D eigenvalue weighted by Gasteiger charge is -2.06. The van der Waals surface area contributed by atoms with Crippen LogP contribution in [0.4, 0.5) is 0 Å². The number of hydrogen-bond donors (Lipinski definition) is 1. The third-order valence-electron chi connectivity index (χ3n) is 3.41. The number of benzene rings is 1. The maximum absolute atomic E-state index is 5.23. The Hall–Kier alpha value is -1.81. The van der Waals surface area contributed by atoms with Crippen molar-refractivity contribution >= 4 is 0 Å². The van der Waals surface area contributed by atoms with Gasteiger partial charge < -0.3 is 10.1 Å². The molecule has 0 aliphatic heterocycles. The molecule has 1 aromatic heterocycles. The van der Waals surface area contributed by atoms with Crippen molar-refractivity contribution < 1.29 is 4.74 Å². The Morgan fingerprint density at radius 1 is 1.35 bits per heavy atom. The van der Waals surface area contributed by atoms with E-state index in [2.05, 4.69) is 42.6 Å². The molecule has 0 unspecified atom stereocenters. The van der Waals surface area contributed by atoms with Crippen LogP contribution in [0.5, 0.6) is 5.75 Å². The Morgan fingerprint density at radius 2 is 2.20 bits per heavy atom. The number of rotatable bonds is 7. The van der Waals surface area contributed by atoms with Crippen molar-refractivity contribution in [2.75, 3.05) is 13.7 Å². The molecule has 108 valence electrons. The highest BCUT2D eigenvalue weighted by molar-refractivity contribution is 5.28. The van der Waals surface area contributed by atoms with Crippen LogP contribution in [0.1, 0.15) is 23.7 Å². The lowest BCUT2D eigenvalue weighted by Crippen LogP contribution is -2.16. The van der Waals surface area contributed by atoms with E-state index in [9.17, 15) is 0 Å². The van der Waals surface area contributed by atoms with Crippen LogP contribution in [0.3, 0.4) is 0 Å². The summed E-state index contributed by atoms with van der Waals surface area (Å²) in [5.74, 6) is 0.919. The van der Waals surface area contributed by atoms with Gasteiger partial charge in [0.05, 0.1) is 12.8 Å². The number of nitrogens with one attached hydrogen (secondary N) is 1. The minimum absolute atomic E-state index is 0.871. The van der Waals surface area contributed by atoms with Crippen molar-refractivity contribution in [2.24, 2.45) is 0 Å². The molecule has 0 aliphatic carbocycles. The van der Waals surface area contributed by atoms with Gasteiger partial charge in [-0.05, 0) is 44.5 Å². The third-order valence-corrected chi connectivity index (χ3v) is 3.41. The quantitative estimate of drug-likeness (QED) is 0.788. The number of aromatic nitrogens is 2. The number of methoxy groups -OCH3 is 1. The second kappa shape index (κ2) is 7.10. The van der Waals surface area contributed by atoms with E-state index in [0.717, 1.165) is 37.5 Å². The van der Waals surface area contributed by atoms with Gasteiger partial charge in [0.15, 0.2) is 0 Å². The fourth-order valence-electron chi connectivity index (χ4n) is 2.18. The molecule has 0 fully saturated rings. The molecule has 2 rings (SSSR count). The summed E-state index contributed by atoms with van der Waals surface area (Å²) in [6.07, 6.45) is 3.12. The first-order valence-electron chi connectivity index (χ1n) is 7.09. The summed E-state index contributed by atoms with van der Waals surface area (Å²) in [6.45, 7) is 6.90. The van der Waals surface area contributed by atoms with E-state index in [1.54, 1.807) is 7.11 Å². The largest absolute Gasteiger partial charge is 0.497 e. The third kappa shape index (κ3) is 3.84. The molecule has 0 amide bonds. The fourth-order valence-corrected chi connectivity index (χ4v) is 2.18. The summed E-state index contributed by atoms with van der Waals surface area (Å²) in [5, 5.41) is 7.92. The zero-order valence-electron chi connectivity index (χ0n) is 12.5. The molecule has 20 heavy (non-hydrogen) atoms. The normalized spacial score (nSPS) is 10.8. The zero-order valence-corrected chi connectivity index (χ0v) is 12.5. The summed E-state index contributed by atoms with van der Waals surface area (Å²) >= 11 is 0. The van der Waals surface area contributed by atoms with E-state index < -0.39 is 0 Å². The van der Waals surface area contributed by atoms with Gasteiger partial charge in [-0.2, -0.15) is 5.10 Å². The van der Waals surface area contributed by atoms with Crippen molar-refractivity contribution in [1.29, 1.82) is 0 Å². The maximum atomic E-state index is 5.23. The molecule has 0 spiro atoms. The molecular weight excluding hydrogens is 250 g/mol. The maximum Gasteiger partial charge on any atom is 0.119 e. The highest BCUT2D eigenvalue weighted by Crippen LogP contribution is 2.12. The van der Waals surface area contributed by atoms with Gasteiger partial charge in [-0.1, -0.05) is 12.1 Å². The summed E-state index contributed by atoms with van der Waals surface area (Å²) in [7, 11) is 1.70. The van der Waals surface area contributed by atoms with Crippen LogP contribution in [0.15, 0.2) is 30.5 Å². The van der Waals surface area contributed by atoms with E-state index in [1.165, 1.54) is 11.1 Å².